The van der Waals surface area contributed by atoms with E-state index >= 15 is 0 Å². The van der Waals surface area contributed by atoms with E-state index in [1.165, 1.54) is 12.1 Å². The average molecular weight is 433 g/mol. The number of halogens is 1. The number of benzene rings is 1. The molecule has 8 nitrogen and oxygen atoms in total. The van der Waals surface area contributed by atoms with Crippen molar-refractivity contribution in [2.75, 3.05) is 26.2 Å². The van der Waals surface area contributed by atoms with Gasteiger partial charge in [0.15, 0.2) is 0 Å². The van der Waals surface area contributed by atoms with Crippen LogP contribution in [0.25, 0.3) is 0 Å². The lowest BCUT2D eigenvalue weighted by molar-refractivity contribution is -0.135. The Bertz CT molecular complexity index is 730. The lowest BCUT2D eigenvalue weighted by atomic mass is 10.0. The summed E-state index contributed by atoms with van der Waals surface area (Å²) in [6.45, 7) is 1.36. The summed E-state index contributed by atoms with van der Waals surface area (Å²) in [5.74, 6) is -0.227. The van der Waals surface area contributed by atoms with E-state index in [4.69, 9.17) is 5.73 Å². The van der Waals surface area contributed by atoms with Crippen molar-refractivity contribution in [3.8, 4) is 0 Å². The quantitative estimate of drug-likeness (QED) is 0.528. The number of nitrogens with zero attached hydrogens (tertiary/aromatic N) is 1. The van der Waals surface area contributed by atoms with E-state index in [9.17, 15) is 18.0 Å². The van der Waals surface area contributed by atoms with Crippen LogP contribution in [-0.4, -0.2) is 57.4 Å². The molecule has 1 aliphatic heterocycles. The van der Waals surface area contributed by atoms with Gasteiger partial charge in [0, 0.05) is 45.1 Å². The van der Waals surface area contributed by atoms with E-state index in [2.05, 4.69) is 10.0 Å². The Balaban J connectivity index is 0.00000392. The second kappa shape index (κ2) is 12.0. The van der Waals surface area contributed by atoms with Crippen molar-refractivity contribution in [2.45, 2.75) is 43.0 Å². The summed E-state index contributed by atoms with van der Waals surface area (Å²) >= 11 is 0. The molecule has 158 valence electrons. The van der Waals surface area contributed by atoms with Crippen LogP contribution in [0.4, 0.5) is 0 Å². The number of carbonyl (C=O) groups excluding carboxylic acids is 2. The number of nitrogens with two attached hydrogens (primary N) is 1. The van der Waals surface area contributed by atoms with E-state index < -0.39 is 10.0 Å². The Morgan fingerprint density at radius 2 is 1.86 bits per heavy atom. The fourth-order valence-corrected chi connectivity index (χ4v) is 4.16. The van der Waals surface area contributed by atoms with E-state index in [-0.39, 0.29) is 54.5 Å². The predicted molar refractivity (Wildman–Crippen MR) is 110 cm³/mol. The first kappa shape index (κ1) is 24.4. The molecule has 1 aromatic rings. The smallest absolute Gasteiger partial charge is 0.240 e. The molecule has 28 heavy (non-hydrogen) atoms. The maximum Gasteiger partial charge on any atom is 0.240 e. The molecule has 10 heteroatoms. The predicted octanol–water partition coefficient (Wildman–Crippen LogP) is 0.623. The molecule has 0 spiro atoms. The fraction of sp³-hybridized carbons (Fsp3) is 0.556. The highest BCUT2D eigenvalue weighted by Gasteiger charge is 2.27. The lowest BCUT2D eigenvalue weighted by Crippen LogP contribution is -2.50. The van der Waals surface area contributed by atoms with Crippen molar-refractivity contribution in [1.29, 1.82) is 0 Å². The molecule has 1 aliphatic rings. The number of piperidine rings is 1. The number of amides is 2. The summed E-state index contributed by atoms with van der Waals surface area (Å²) in [6.07, 6.45) is 3.09. The van der Waals surface area contributed by atoms with Crippen LogP contribution in [0.2, 0.25) is 0 Å². The van der Waals surface area contributed by atoms with E-state index in [1.807, 2.05) is 0 Å². The second-order valence-corrected chi connectivity index (χ2v) is 8.31. The largest absolute Gasteiger partial charge is 0.354 e. The molecule has 0 aromatic heterocycles. The molecule has 1 atom stereocenters. The van der Waals surface area contributed by atoms with Crippen LogP contribution in [0.15, 0.2) is 35.2 Å². The van der Waals surface area contributed by atoms with Crippen LogP contribution < -0.4 is 15.8 Å². The number of rotatable bonds is 9. The van der Waals surface area contributed by atoms with Crippen molar-refractivity contribution in [1.82, 2.24) is 14.9 Å². The van der Waals surface area contributed by atoms with E-state index in [0.29, 0.717) is 19.6 Å². The molecular formula is C18H29ClN4O4S. The zero-order chi connectivity index (χ0) is 19.7. The van der Waals surface area contributed by atoms with Gasteiger partial charge in [-0.3, -0.25) is 9.59 Å². The van der Waals surface area contributed by atoms with Crippen LogP contribution in [0.5, 0.6) is 0 Å². The highest BCUT2D eigenvalue weighted by molar-refractivity contribution is 7.89. The number of carbonyl (C=O) groups is 2. The summed E-state index contributed by atoms with van der Waals surface area (Å²) in [5, 5.41) is 2.82. The van der Waals surface area contributed by atoms with Crippen LogP contribution in [-0.2, 0) is 19.6 Å². The van der Waals surface area contributed by atoms with Gasteiger partial charge in [-0.05, 0) is 31.4 Å². The number of hydrogen-bond donors (Lipinski definition) is 3. The highest BCUT2D eigenvalue weighted by atomic mass is 35.5. The topological polar surface area (TPSA) is 122 Å². The Morgan fingerprint density at radius 1 is 1.14 bits per heavy atom. The van der Waals surface area contributed by atoms with E-state index in [1.54, 1.807) is 23.1 Å². The van der Waals surface area contributed by atoms with Crippen molar-refractivity contribution >= 4 is 34.2 Å². The van der Waals surface area contributed by atoms with Crippen molar-refractivity contribution in [3.63, 3.8) is 0 Å². The molecule has 1 saturated heterocycles. The van der Waals surface area contributed by atoms with Crippen molar-refractivity contribution < 1.29 is 18.0 Å². The van der Waals surface area contributed by atoms with Crippen LogP contribution >= 0.6 is 12.4 Å². The molecule has 0 bridgehead atoms. The molecule has 1 fully saturated rings. The first-order valence-electron chi connectivity index (χ1n) is 9.25. The first-order chi connectivity index (χ1) is 12.9. The zero-order valence-electron chi connectivity index (χ0n) is 15.8. The van der Waals surface area contributed by atoms with Gasteiger partial charge in [0.25, 0.3) is 0 Å². The van der Waals surface area contributed by atoms with E-state index in [0.717, 1.165) is 19.3 Å². The average Bonchev–Trinajstić information content (AvgIpc) is 2.67. The molecular weight excluding hydrogens is 404 g/mol. The monoisotopic (exact) mass is 432 g/mol. The van der Waals surface area contributed by atoms with Crippen molar-refractivity contribution in [3.05, 3.63) is 30.3 Å². The lowest BCUT2D eigenvalue weighted by Gasteiger charge is -2.36. The van der Waals surface area contributed by atoms with Gasteiger partial charge in [-0.15, -0.1) is 12.4 Å². The molecule has 2 rings (SSSR count). The number of hydrogen-bond acceptors (Lipinski definition) is 5. The summed E-state index contributed by atoms with van der Waals surface area (Å²) in [5.41, 5.74) is 5.36. The Kier molecular flexibility index (Phi) is 10.4. The third-order valence-electron chi connectivity index (χ3n) is 4.54. The second-order valence-electron chi connectivity index (χ2n) is 6.54. The summed E-state index contributed by atoms with van der Waals surface area (Å²) in [4.78, 5) is 26.1. The van der Waals surface area contributed by atoms with Gasteiger partial charge in [-0.25, -0.2) is 13.1 Å². The van der Waals surface area contributed by atoms with Gasteiger partial charge in [0.2, 0.25) is 21.8 Å². The van der Waals surface area contributed by atoms with Gasteiger partial charge in [0.1, 0.15) is 0 Å². The molecule has 1 aromatic carbocycles. The molecule has 0 radical (unpaired) electrons. The molecule has 1 unspecified atom stereocenters. The maximum absolute atomic E-state index is 12.6. The third-order valence-corrected chi connectivity index (χ3v) is 6.02. The molecule has 0 aliphatic carbocycles. The SMILES string of the molecule is Cl.NCCC(=O)NCC1CCCCN1C(=O)CCNS(=O)(=O)c1ccccc1. The van der Waals surface area contributed by atoms with Gasteiger partial charge in [0.05, 0.1) is 4.90 Å². The van der Waals surface area contributed by atoms with Crippen LogP contribution in [0.3, 0.4) is 0 Å². The zero-order valence-corrected chi connectivity index (χ0v) is 17.4. The minimum absolute atomic E-state index is 0. The molecule has 4 N–H and O–H groups in total. The maximum atomic E-state index is 12.6. The Labute approximate surface area is 172 Å². The highest BCUT2D eigenvalue weighted by Crippen LogP contribution is 2.17. The normalized spacial score (nSPS) is 16.9. The number of nitrogens with one attached hydrogen (secondary N) is 2. The molecule has 0 saturated carbocycles. The van der Waals surface area contributed by atoms with Crippen LogP contribution in [0, 0.1) is 0 Å². The summed E-state index contributed by atoms with van der Waals surface area (Å²) in [6, 6.07) is 8.00. The summed E-state index contributed by atoms with van der Waals surface area (Å²) < 4.78 is 26.9. The first-order valence-corrected chi connectivity index (χ1v) is 10.7. The molecule has 2 amide bonds. The van der Waals surface area contributed by atoms with Gasteiger partial charge < -0.3 is 16.0 Å². The van der Waals surface area contributed by atoms with Crippen molar-refractivity contribution in [2.24, 2.45) is 5.73 Å². The van der Waals surface area contributed by atoms with Gasteiger partial charge in [-0.2, -0.15) is 0 Å². The third kappa shape index (κ3) is 7.38. The fourth-order valence-electron chi connectivity index (χ4n) is 3.11. The number of sulfonamides is 1. The summed E-state index contributed by atoms with van der Waals surface area (Å²) in [7, 11) is -3.62. The van der Waals surface area contributed by atoms with Gasteiger partial charge in [-0.1, -0.05) is 18.2 Å². The van der Waals surface area contributed by atoms with Crippen LogP contribution in [0.1, 0.15) is 32.1 Å². The Morgan fingerprint density at radius 3 is 2.54 bits per heavy atom. The van der Waals surface area contributed by atoms with Gasteiger partial charge >= 0.3 is 0 Å². The standard InChI is InChI=1S/C18H28N4O4S.ClH/c19-11-9-17(23)20-14-15-6-4-5-13-22(15)18(24)10-12-21-27(25,26)16-7-2-1-3-8-16;/h1-3,7-8,15,21H,4-6,9-14,19H2,(H,20,23);1H. The number of likely N-dealkylation sites (tertiary alicyclic amines) is 1. The minimum Gasteiger partial charge on any atom is -0.354 e. The molecule has 1 heterocycles. The minimum atomic E-state index is -3.62. The Hall–Kier alpha value is -1.68.